The number of aryl methyl sites for hydroxylation is 2. The van der Waals surface area contributed by atoms with Crippen molar-refractivity contribution < 1.29 is 0 Å². The maximum absolute atomic E-state index is 5.20. The molecule has 0 bridgehead atoms. The fraction of sp³-hybridized carbons (Fsp3) is 0.161. The Morgan fingerprint density at radius 1 is 0.686 bits per heavy atom. The van der Waals surface area contributed by atoms with Crippen molar-refractivity contribution in [2.75, 3.05) is 0 Å². The van der Waals surface area contributed by atoms with Crippen LogP contribution in [0.4, 0.5) is 0 Å². The van der Waals surface area contributed by atoms with Crippen LogP contribution in [0.2, 0.25) is 0 Å². The Morgan fingerprint density at radius 2 is 1.43 bits per heavy atom. The van der Waals surface area contributed by atoms with Crippen LogP contribution in [0.15, 0.2) is 97.2 Å². The molecule has 0 radical (unpaired) electrons. The SMILES string of the molecule is Cn1c(-c2cccc(-c3nc4c(C(C)(C)c5ccccn5)cccc4n3C)c2)cc2ccccc21. The predicted molar refractivity (Wildman–Crippen MR) is 144 cm³/mol. The zero-order valence-corrected chi connectivity index (χ0v) is 20.5. The zero-order chi connectivity index (χ0) is 24.2. The van der Waals surface area contributed by atoms with E-state index in [2.05, 4.69) is 121 Å². The van der Waals surface area contributed by atoms with Crippen molar-refractivity contribution in [1.82, 2.24) is 19.1 Å². The normalized spacial score (nSPS) is 12.0. The maximum atomic E-state index is 5.20. The number of rotatable bonds is 4. The van der Waals surface area contributed by atoms with Crippen LogP contribution in [0.5, 0.6) is 0 Å². The molecule has 3 aromatic heterocycles. The third-order valence-electron chi connectivity index (χ3n) is 7.26. The molecule has 0 atom stereocenters. The second kappa shape index (κ2) is 7.95. The molecule has 0 saturated carbocycles. The average Bonchev–Trinajstić information content (AvgIpc) is 3.41. The van der Waals surface area contributed by atoms with Gasteiger partial charge in [-0.2, -0.15) is 0 Å². The Labute approximate surface area is 205 Å². The highest BCUT2D eigenvalue weighted by Crippen LogP contribution is 2.37. The number of benzene rings is 3. The fourth-order valence-corrected chi connectivity index (χ4v) is 5.23. The van der Waals surface area contributed by atoms with E-state index in [4.69, 9.17) is 4.98 Å². The Morgan fingerprint density at radius 3 is 2.23 bits per heavy atom. The van der Waals surface area contributed by atoms with Gasteiger partial charge in [0.2, 0.25) is 0 Å². The van der Waals surface area contributed by atoms with Crippen LogP contribution in [-0.2, 0) is 19.5 Å². The number of fused-ring (bicyclic) bond motifs is 2. The highest BCUT2D eigenvalue weighted by Gasteiger charge is 2.28. The van der Waals surface area contributed by atoms with Crippen LogP contribution < -0.4 is 0 Å². The molecule has 0 aliphatic carbocycles. The lowest BCUT2D eigenvalue weighted by atomic mass is 9.80. The standard InChI is InChI=1S/C31H28N4/c1-31(2,28-17-7-8-18-32-28)24-14-10-16-26-29(24)33-30(35(26)4)23-13-9-12-21(19-23)27-20-22-11-5-6-15-25(22)34(27)3/h5-20H,1-4H3. The molecule has 0 spiro atoms. The van der Waals surface area contributed by atoms with Crippen molar-refractivity contribution in [3.8, 4) is 22.6 Å². The van der Waals surface area contributed by atoms with E-state index in [1.807, 2.05) is 18.3 Å². The summed E-state index contributed by atoms with van der Waals surface area (Å²) in [7, 11) is 4.23. The number of hydrogen-bond donors (Lipinski definition) is 0. The maximum Gasteiger partial charge on any atom is 0.140 e. The summed E-state index contributed by atoms with van der Waals surface area (Å²) < 4.78 is 4.46. The molecule has 172 valence electrons. The summed E-state index contributed by atoms with van der Waals surface area (Å²) in [5.74, 6) is 0.963. The lowest BCUT2D eigenvalue weighted by molar-refractivity contribution is 0.621. The largest absolute Gasteiger partial charge is 0.344 e. The van der Waals surface area contributed by atoms with Crippen LogP contribution in [0.1, 0.15) is 25.1 Å². The smallest absolute Gasteiger partial charge is 0.140 e. The second-order valence-electron chi connectivity index (χ2n) is 9.74. The van der Waals surface area contributed by atoms with E-state index in [0.29, 0.717) is 0 Å². The Bertz CT molecular complexity index is 1690. The van der Waals surface area contributed by atoms with E-state index in [0.717, 1.165) is 28.1 Å². The number of hydrogen-bond acceptors (Lipinski definition) is 2. The average molecular weight is 457 g/mol. The predicted octanol–water partition coefficient (Wildman–Crippen LogP) is 7.12. The summed E-state index contributed by atoms with van der Waals surface area (Å²) in [6.07, 6.45) is 1.86. The molecular formula is C31H28N4. The highest BCUT2D eigenvalue weighted by atomic mass is 15.1. The molecule has 0 N–H and O–H groups in total. The number of nitrogens with zero attached hydrogens (tertiary/aromatic N) is 4. The highest BCUT2D eigenvalue weighted by molar-refractivity contribution is 5.88. The first kappa shape index (κ1) is 21.4. The first-order valence-corrected chi connectivity index (χ1v) is 12.0. The van der Waals surface area contributed by atoms with Crippen molar-refractivity contribution in [2.24, 2.45) is 14.1 Å². The summed E-state index contributed by atoms with van der Waals surface area (Å²) >= 11 is 0. The molecule has 4 heteroatoms. The topological polar surface area (TPSA) is 35.6 Å². The summed E-state index contributed by atoms with van der Waals surface area (Å²) in [5, 5.41) is 1.25. The molecule has 0 aliphatic heterocycles. The lowest BCUT2D eigenvalue weighted by Gasteiger charge is -2.25. The molecule has 0 unspecified atom stereocenters. The van der Waals surface area contributed by atoms with E-state index < -0.39 is 0 Å². The minimum atomic E-state index is -0.266. The Kier molecular flexibility index (Phi) is 4.85. The minimum absolute atomic E-state index is 0.266. The molecule has 0 amide bonds. The summed E-state index contributed by atoms with van der Waals surface area (Å²) in [4.78, 5) is 9.86. The van der Waals surface area contributed by atoms with Gasteiger partial charge in [-0.25, -0.2) is 4.98 Å². The van der Waals surface area contributed by atoms with Gasteiger partial charge < -0.3 is 9.13 Å². The molecule has 3 heterocycles. The third-order valence-corrected chi connectivity index (χ3v) is 7.26. The fourth-order valence-electron chi connectivity index (χ4n) is 5.23. The van der Waals surface area contributed by atoms with E-state index in [-0.39, 0.29) is 5.41 Å². The van der Waals surface area contributed by atoms with Crippen molar-refractivity contribution >= 4 is 21.9 Å². The monoisotopic (exact) mass is 456 g/mol. The first-order valence-electron chi connectivity index (χ1n) is 12.0. The third kappa shape index (κ3) is 3.36. The van der Waals surface area contributed by atoms with Gasteiger partial charge in [0, 0.05) is 47.9 Å². The van der Waals surface area contributed by atoms with Crippen LogP contribution in [0, 0.1) is 0 Å². The molecule has 3 aromatic carbocycles. The van der Waals surface area contributed by atoms with Crippen LogP contribution in [-0.4, -0.2) is 19.1 Å². The van der Waals surface area contributed by atoms with E-state index in [1.165, 1.54) is 27.7 Å². The zero-order valence-electron chi connectivity index (χ0n) is 20.5. The summed E-state index contributed by atoms with van der Waals surface area (Å²) in [5.41, 5.74) is 8.82. The quantitative estimate of drug-likeness (QED) is 0.283. The molecule has 0 saturated heterocycles. The summed E-state index contributed by atoms with van der Waals surface area (Å²) in [6, 6.07) is 32.0. The van der Waals surface area contributed by atoms with Crippen molar-refractivity contribution in [3.05, 3.63) is 108 Å². The molecule has 6 aromatic rings. The van der Waals surface area contributed by atoms with Gasteiger partial charge in [-0.1, -0.05) is 68.4 Å². The van der Waals surface area contributed by atoms with Gasteiger partial charge in [0.05, 0.1) is 16.7 Å². The van der Waals surface area contributed by atoms with Crippen molar-refractivity contribution in [2.45, 2.75) is 19.3 Å². The van der Waals surface area contributed by atoms with Gasteiger partial charge in [-0.3, -0.25) is 4.98 Å². The van der Waals surface area contributed by atoms with Gasteiger partial charge in [-0.05, 0) is 47.5 Å². The van der Waals surface area contributed by atoms with E-state index >= 15 is 0 Å². The Hall–Kier alpha value is -4.18. The first-order chi connectivity index (χ1) is 16.9. The number of pyridine rings is 1. The van der Waals surface area contributed by atoms with Crippen molar-refractivity contribution in [3.63, 3.8) is 0 Å². The van der Waals surface area contributed by atoms with Gasteiger partial charge >= 0.3 is 0 Å². The Balaban J connectivity index is 1.50. The van der Waals surface area contributed by atoms with E-state index in [1.54, 1.807) is 0 Å². The number of aromatic nitrogens is 4. The molecule has 4 nitrogen and oxygen atoms in total. The van der Waals surface area contributed by atoms with E-state index in [9.17, 15) is 0 Å². The van der Waals surface area contributed by atoms with Gasteiger partial charge in [0.15, 0.2) is 0 Å². The van der Waals surface area contributed by atoms with Crippen molar-refractivity contribution in [1.29, 1.82) is 0 Å². The second-order valence-corrected chi connectivity index (χ2v) is 9.74. The molecule has 0 fully saturated rings. The molecule has 35 heavy (non-hydrogen) atoms. The number of para-hydroxylation sites is 2. The van der Waals surface area contributed by atoms with Gasteiger partial charge in [0.25, 0.3) is 0 Å². The minimum Gasteiger partial charge on any atom is -0.344 e. The van der Waals surface area contributed by atoms with Gasteiger partial charge in [0.1, 0.15) is 5.82 Å². The lowest BCUT2D eigenvalue weighted by Crippen LogP contribution is -2.20. The molecule has 6 rings (SSSR count). The number of imidazole rings is 1. The van der Waals surface area contributed by atoms with Gasteiger partial charge in [-0.15, -0.1) is 0 Å². The summed E-state index contributed by atoms with van der Waals surface area (Å²) in [6.45, 7) is 4.44. The van der Waals surface area contributed by atoms with Crippen LogP contribution >= 0.6 is 0 Å². The van der Waals surface area contributed by atoms with Crippen LogP contribution in [0.25, 0.3) is 44.6 Å². The van der Waals surface area contributed by atoms with Crippen LogP contribution in [0.3, 0.4) is 0 Å². The molecular weight excluding hydrogens is 428 g/mol. The molecule has 0 aliphatic rings.